The molecule has 6 N–H and O–H groups in total. The van der Waals surface area contributed by atoms with Crippen molar-refractivity contribution < 1.29 is 28.8 Å². The van der Waals surface area contributed by atoms with Crippen molar-refractivity contribution in [2.24, 2.45) is 35.2 Å². The summed E-state index contributed by atoms with van der Waals surface area (Å²) in [5, 5.41) is 16.0. The smallest absolute Gasteiger partial charge is 0.291 e. The van der Waals surface area contributed by atoms with Crippen molar-refractivity contribution in [2.75, 3.05) is 34.4 Å². The van der Waals surface area contributed by atoms with Crippen molar-refractivity contribution >= 4 is 58.5 Å². The van der Waals surface area contributed by atoms with Crippen LogP contribution in [0.4, 0.5) is 23.0 Å². The zero-order valence-corrected chi connectivity index (χ0v) is 30.0. The van der Waals surface area contributed by atoms with Crippen molar-refractivity contribution in [1.29, 1.82) is 0 Å². The Hall–Kier alpha value is -6.99. The average Bonchev–Trinajstić information content (AvgIpc) is 3.91. The fourth-order valence-electron chi connectivity index (χ4n) is 5.20. The van der Waals surface area contributed by atoms with Gasteiger partial charge in [-0.05, 0) is 19.1 Å². The third-order valence-electron chi connectivity index (χ3n) is 8.01. The molecule has 20 nitrogen and oxygen atoms in total. The van der Waals surface area contributed by atoms with Crippen molar-refractivity contribution in [3.05, 3.63) is 78.2 Å². The van der Waals surface area contributed by atoms with E-state index in [1.54, 1.807) is 66.7 Å². The first-order chi connectivity index (χ1) is 25.2. The minimum absolute atomic E-state index is 0.00693. The van der Waals surface area contributed by atoms with Crippen LogP contribution in [0.2, 0.25) is 0 Å². The van der Waals surface area contributed by atoms with Gasteiger partial charge in [0.15, 0.2) is 17.5 Å². The molecule has 0 unspecified atom stereocenters. The number of hydrogen-bond donors (Lipinski definition) is 6. The van der Waals surface area contributed by atoms with Gasteiger partial charge < -0.3 is 54.7 Å². The van der Waals surface area contributed by atoms with Crippen LogP contribution >= 0.6 is 0 Å². The normalized spacial score (nSPS) is 10.8. The molecule has 0 saturated heterocycles. The number of aromatic nitrogens is 8. The van der Waals surface area contributed by atoms with Crippen LogP contribution < -0.4 is 31.9 Å². The Kier molecular flexibility index (Phi) is 11.2. The number of aryl methyl sites for hydroxylation is 6. The van der Waals surface area contributed by atoms with Crippen molar-refractivity contribution in [3.8, 4) is 0 Å². The predicted octanol–water partition coefficient (Wildman–Crippen LogP) is 0.894. The molecule has 0 saturated carbocycles. The third kappa shape index (κ3) is 9.22. The third-order valence-corrected chi connectivity index (χ3v) is 8.01. The molecule has 5 aromatic rings. The zero-order chi connectivity index (χ0) is 38.4. The number of carbonyl (C=O) groups is 6. The summed E-state index contributed by atoms with van der Waals surface area (Å²) in [5.41, 5.74) is 1.25. The number of nitrogens with zero attached hydrogens (tertiary/aromatic N) is 8. The number of anilines is 4. The quantitative estimate of drug-likeness (QED) is 0.0951. The predicted molar refractivity (Wildman–Crippen MR) is 192 cm³/mol. The van der Waals surface area contributed by atoms with Gasteiger partial charge in [-0.15, -0.1) is 0 Å². The lowest BCUT2D eigenvalue weighted by atomic mass is 10.3. The van der Waals surface area contributed by atoms with Gasteiger partial charge in [-0.1, -0.05) is 0 Å². The maximum absolute atomic E-state index is 13.0. The number of carbonyl (C=O) groups excluding carboxylic acids is 6. The fraction of sp³-hybridized carbons (Fsp3) is 0.303. The molecule has 5 aromatic heterocycles. The van der Waals surface area contributed by atoms with E-state index < -0.39 is 29.5 Å². The van der Waals surface area contributed by atoms with E-state index in [0.29, 0.717) is 17.2 Å². The van der Waals surface area contributed by atoms with Gasteiger partial charge in [-0.25, -0.2) is 15.0 Å². The minimum atomic E-state index is -0.586. The molecule has 0 atom stereocenters. The zero-order valence-electron chi connectivity index (χ0n) is 30.0. The topological polar surface area (TPSA) is 238 Å². The maximum Gasteiger partial charge on any atom is 0.291 e. The second kappa shape index (κ2) is 15.9. The minimum Gasteiger partial charge on any atom is -0.350 e. The van der Waals surface area contributed by atoms with Crippen LogP contribution in [0, 0.1) is 6.92 Å². The molecule has 0 aliphatic carbocycles. The molecule has 0 aliphatic heterocycles. The summed E-state index contributed by atoms with van der Waals surface area (Å²) in [5.74, 6) is -1.14. The van der Waals surface area contributed by atoms with Crippen LogP contribution in [0.25, 0.3) is 0 Å². The summed E-state index contributed by atoms with van der Waals surface area (Å²) in [6.45, 7) is 1.90. The molecule has 278 valence electrons. The van der Waals surface area contributed by atoms with Crippen molar-refractivity contribution in [2.45, 2.75) is 19.8 Å². The highest BCUT2D eigenvalue weighted by Gasteiger charge is 2.20. The molecule has 0 bridgehead atoms. The Morgan fingerprint density at radius 3 is 1.53 bits per heavy atom. The first-order valence-corrected chi connectivity index (χ1v) is 16.3. The van der Waals surface area contributed by atoms with Crippen LogP contribution in [0.5, 0.6) is 0 Å². The Morgan fingerprint density at radius 1 is 0.566 bits per heavy atom. The lowest BCUT2D eigenvalue weighted by Crippen LogP contribution is -2.29. The second-order valence-corrected chi connectivity index (χ2v) is 12.2. The molecule has 0 spiro atoms. The number of imidazole rings is 3. The summed E-state index contributed by atoms with van der Waals surface area (Å²) in [6, 6.07) is 3.00. The molecule has 20 heteroatoms. The summed E-state index contributed by atoms with van der Waals surface area (Å²) < 4.78 is 7.86. The average molecular weight is 729 g/mol. The molecule has 5 heterocycles. The van der Waals surface area contributed by atoms with Gasteiger partial charge in [0.2, 0.25) is 17.6 Å². The number of hydrogen-bond acceptors (Lipinski definition) is 9. The van der Waals surface area contributed by atoms with E-state index in [4.69, 9.17) is 0 Å². The Balaban J connectivity index is 1.06. The molecule has 0 radical (unpaired) electrons. The Labute approximate surface area is 303 Å². The summed E-state index contributed by atoms with van der Waals surface area (Å²) in [7, 11) is 8.38. The lowest BCUT2D eigenvalue weighted by molar-refractivity contribution is -0.116. The molecule has 0 aromatic carbocycles. The van der Waals surface area contributed by atoms with Crippen LogP contribution in [0.1, 0.15) is 60.9 Å². The lowest BCUT2D eigenvalue weighted by Gasteiger charge is -2.06. The summed E-state index contributed by atoms with van der Waals surface area (Å²) in [4.78, 5) is 88.3. The Morgan fingerprint density at radius 2 is 1.06 bits per heavy atom. The number of nitrogens with one attached hydrogen (secondary N) is 6. The first kappa shape index (κ1) is 37.3. The molecule has 6 amide bonds. The molecule has 0 fully saturated rings. The highest BCUT2D eigenvalue weighted by molar-refractivity contribution is 6.04. The van der Waals surface area contributed by atoms with Crippen LogP contribution in [0.3, 0.4) is 0 Å². The number of rotatable bonds is 14. The molecule has 0 aliphatic rings. The van der Waals surface area contributed by atoms with Gasteiger partial charge in [0, 0.05) is 98.4 Å². The second-order valence-electron chi connectivity index (χ2n) is 12.2. The highest BCUT2D eigenvalue weighted by atomic mass is 16.2. The largest absolute Gasteiger partial charge is 0.350 e. The van der Waals surface area contributed by atoms with E-state index in [1.165, 1.54) is 33.7 Å². The summed E-state index contributed by atoms with van der Waals surface area (Å²) >= 11 is 0. The highest BCUT2D eigenvalue weighted by Crippen LogP contribution is 2.17. The fourth-order valence-corrected chi connectivity index (χ4v) is 5.20. The van der Waals surface area contributed by atoms with E-state index >= 15 is 0 Å². The maximum atomic E-state index is 13.0. The van der Waals surface area contributed by atoms with Gasteiger partial charge in [-0.2, -0.15) is 0 Å². The van der Waals surface area contributed by atoms with Crippen LogP contribution in [-0.4, -0.2) is 86.3 Å². The van der Waals surface area contributed by atoms with Gasteiger partial charge in [0.25, 0.3) is 23.6 Å². The van der Waals surface area contributed by atoms with E-state index in [1.807, 2.05) is 14.0 Å². The summed E-state index contributed by atoms with van der Waals surface area (Å²) in [6.07, 6.45) is 9.39. The van der Waals surface area contributed by atoms with Crippen molar-refractivity contribution in [3.63, 3.8) is 0 Å². The molecule has 53 heavy (non-hydrogen) atoms. The van der Waals surface area contributed by atoms with Crippen LogP contribution in [0.15, 0.2) is 49.3 Å². The van der Waals surface area contributed by atoms with Gasteiger partial charge in [0.1, 0.15) is 17.2 Å². The van der Waals surface area contributed by atoms with Crippen molar-refractivity contribution in [1.82, 2.24) is 48.4 Å². The van der Waals surface area contributed by atoms with E-state index in [2.05, 4.69) is 46.9 Å². The standard InChI is InChI=1S/C33H40N14O6/c1-19-37-24(17-44(19)3)40-26(48)7-9-35-31(51)23-14-21(16-46(23)5)39-33(53)29-42-25(18-47(29)6)41-27(49)8-10-36-30(50)22-13-20(15-45(22)4)38-32(52)28-34-11-12-43(28)2/h11-18H,7-10H2,1-6H3,(H,35,51)(H,36,50)(H,38,52)(H,39,53)(H,40,48)(H,41,49). The Bertz CT molecular complexity index is 2180. The van der Waals surface area contributed by atoms with E-state index in [9.17, 15) is 28.8 Å². The van der Waals surface area contributed by atoms with Gasteiger partial charge >= 0.3 is 0 Å². The number of amides is 6. The molecular weight excluding hydrogens is 688 g/mol. The monoisotopic (exact) mass is 728 g/mol. The molecular formula is C33H40N14O6. The SMILES string of the molecule is Cc1nc(NC(=O)CCNC(=O)c2cc(NC(=O)c3nc(NC(=O)CCNC(=O)c4cc(NC(=O)c5nccn5C)cn4C)cn3C)cn2C)cn1C. The van der Waals surface area contributed by atoms with Gasteiger partial charge in [-0.3, -0.25) is 28.8 Å². The van der Waals surface area contributed by atoms with E-state index in [-0.39, 0.29) is 60.7 Å². The van der Waals surface area contributed by atoms with Crippen LogP contribution in [-0.2, 0) is 44.8 Å². The van der Waals surface area contributed by atoms with Gasteiger partial charge in [0.05, 0.1) is 11.4 Å². The molecule has 5 rings (SSSR count). The first-order valence-electron chi connectivity index (χ1n) is 16.3. The van der Waals surface area contributed by atoms with E-state index in [0.717, 1.165) is 5.82 Å².